The minimum absolute atomic E-state index is 0.0819. The first-order chi connectivity index (χ1) is 13.1. The predicted molar refractivity (Wildman–Crippen MR) is 108 cm³/mol. The van der Waals surface area contributed by atoms with Gasteiger partial charge in [0, 0.05) is 17.3 Å². The first kappa shape index (κ1) is 18.3. The summed E-state index contributed by atoms with van der Waals surface area (Å²) in [6, 6.07) is 15.5. The molecule has 1 heterocycles. The molecule has 0 aliphatic rings. The molecule has 4 nitrogen and oxygen atoms in total. The Balaban J connectivity index is 2.03. The second-order valence-corrected chi connectivity index (χ2v) is 6.14. The van der Waals surface area contributed by atoms with E-state index in [0.717, 1.165) is 35.1 Å². The quantitative estimate of drug-likeness (QED) is 0.607. The highest BCUT2D eigenvalue weighted by atomic mass is 16.4. The van der Waals surface area contributed by atoms with Gasteiger partial charge in [0.1, 0.15) is 5.56 Å². The topological polar surface area (TPSA) is 63.1 Å². The zero-order valence-corrected chi connectivity index (χ0v) is 14.9. The van der Waals surface area contributed by atoms with Crippen LogP contribution < -0.4 is 0 Å². The van der Waals surface area contributed by atoms with Gasteiger partial charge in [0.2, 0.25) is 0 Å². The molecule has 27 heavy (non-hydrogen) atoms. The third-order valence-electron chi connectivity index (χ3n) is 4.22. The lowest BCUT2D eigenvalue weighted by Gasteiger charge is -2.09. The molecule has 0 amide bonds. The van der Waals surface area contributed by atoms with Gasteiger partial charge in [0.05, 0.1) is 5.69 Å². The molecule has 0 aliphatic heterocycles. The summed E-state index contributed by atoms with van der Waals surface area (Å²) in [6.07, 6.45) is 6.60. The predicted octanol–water partition coefficient (Wildman–Crippen LogP) is 4.97. The van der Waals surface area contributed by atoms with E-state index >= 15 is 0 Å². The summed E-state index contributed by atoms with van der Waals surface area (Å²) >= 11 is 0. The minimum Gasteiger partial charge on any atom is -0.478 e. The normalized spacial score (nSPS) is 10.4. The lowest BCUT2D eigenvalue weighted by molar-refractivity contribution is 0.0697. The molecule has 0 radical (unpaired) electrons. The van der Waals surface area contributed by atoms with Gasteiger partial charge < -0.3 is 5.11 Å². The second-order valence-electron chi connectivity index (χ2n) is 6.14. The van der Waals surface area contributed by atoms with Crippen molar-refractivity contribution in [2.75, 3.05) is 0 Å². The summed E-state index contributed by atoms with van der Waals surface area (Å²) < 4.78 is 0. The SMILES string of the molecule is C=CCc1ccc(-c2ncc(C(=O)O)c(-c3ccc(CC=C)cc3)n2)cc1. The second kappa shape index (κ2) is 8.23. The Labute approximate surface area is 158 Å². The van der Waals surface area contributed by atoms with E-state index in [-0.39, 0.29) is 5.56 Å². The number of carbonyl (C=O) groups is 1. The first-order valence-electron chi connectivity index (χ1n) is 8.63. The molecule has 3 aromatic rings. The molecule has 0 saturated carbocycles. The number of hydrogen-bond acceptors (Lipinski definition) is 3. The van der Waals surface area contributed by atoms with Crippen molar-refractivity contribution in [2.24, 2.45) is 0 Å². The van der Waals surface area contributed by atoms with Gasteiger partial charge in [-0.3, -0.25) is 0 Å². The van der Waals surface area contributed by atoms with Crippen LogP contribution in [0.2, 0.25) is 0 Å². The zero-order valence-electron chi connectivity index (χ0n) is 14.9. The van der Waals surface area contributed by atoms with E-state index < -0.39 is 5.97 Å². The van der Waals surface area contributed by atoms with E-state index in [0.29, 0.717) is 11.5 Å². The van der Waals surface area contributed by atoms with Crippen LogP contribution in [0.4, 0.5) is 0 Å². The molecule has 1 aromatic heterocycles. The van der Waals surface area contributed by atoms with Gasteiger partial charge in [-0.15, -0.1) is 13.2 Å². The number of carboxylic acids is 1. The molecule has 0 spiro atoms. The van der Waals surface area contributed by atoms with Gasteiger partial charge in [0.15, 0.2) is 5.82 Å². The van der Waals surface area contributed by atoms with Crippen LogP contribution in [0.1, 0.15) is 21.5 Å². The van der Waals surface area contributed by atoms with E-state index in [1.807, 2.05) is 60.7 Å². The lowest BCUT2D eigenvalue weighted by Crippen LogP contribution is -2.04. The zero-order chi connectivity index (χ0) is 19.2. The van der Waals surface area contributed by atoms with Crippen molar-refractivity contribution in [1.82, 2.24) is 9.97 Å². The Morgan fingerprint density at radius 3 is 1.89 bits per heavy atom. The largest absolute Gasteiger partial charge is 0.478 e. The Kier molecular flexibility index (Phi) is 5.57. The summed E-state index contributed by atoms with van der Waals surface area (Å²) in [5.41, 5.74) is 4.33. The maximum atomic E-state index is 11.6. The first-order valence-corrected chi connectivity index (χ1v) is 8.63. The van der Waals surface area contributed by atoms with Crippen molar-refractivity contribution >= 4 is 5.97 Å². The fourth-order valence-electron chi connectivity index (χ4n) is 2.82. The molecular weight excluding hydrogens is 336 g/mol. The van der Waals surface area contributed by atoms with Crippen molar-refractivity contribution < 1.29 is 9.90 Å². The number of rotatable bonds is 7. The summed E-state index contributed by atoms with van der Waals surface area (Å²) in [5.74, 6) is -0.552. The number of hydrogen-bond donors (Lipinski definition) is 1. The Morgan fingerprint density at radius 1 is 0.889 bits per heavy atom. The highest BCUT2D eigenvalue weighted by Gasteiger charge is 2.16. The van der Waals surface area contributed by atoms with E-state index in [1.165, 1.54) is 6.20 Å². The van der Waals surface area contributed by atoms with Crippen molar-refractivity contribution in [3.8, 4) is 22.6 Å². The molecule has 0 atom stereocenters. The summed E-state index contributed by atoms with van der Waals surface area (Å²) in [7, 11) is 0. The minimum atomic E-state index is -1.05. The molecule has 0 unspecified atom stereocenters. The molecule has 0 aliphatic carbocycles. The van der Waals surface area contributed by atoms with Gasteiger partial charge in [0.25, 0.3) is 0 Å². The van der Waals surface area contributed by atoms with Crippen LogP contribution >= 0.6 is 0 Å². The fourth-order valence-corrected chi connectivity index (χ4v) is 2.82. The van der Waals surface area contributed by atoms with E-state index in [4.69, 9.17) is 0 Å². The fraction of sp³-hybridized carbons (Fsp3) is 0.0870. The average molecular weight is 356 g/mol. The standard InChI is InChI=1S/C23H20N2O2/c1-3-5-16-7-11-18(12-8-16)21-20(23(26)27)15-24-22(25-21)19-13-9-17(6-4-2)10-14-19/h3-4,7-15H,1-2,5-6H2,(H,26,27). The Morgan fingerprint density at radius 2 is 1.41 bits per heavy atom. The van der Waals surface area contributed by atoms with Crippen molar-refractivity contribution in [3.63, 3.8) is 0 Å². The summed E-state index contributed by atoms with van der Waals surface area (Å²) in [5, 5.41) is 9.52. The highest BCUT2D eigenvalue weighted by molar-refractivity contribution is 5.94. The van der Waals surface area contributed by atoms with Gasteiger partial charge in [-0.2, -0.15) is 0 Å². The molecule has 2 aromatic carbocycles. The number of allylic oxidation sites excluding steroid dienone is 2. The highest BCUT2D eigenvalue weighted by Crippen LogP contribution is 2.25. The maximum Gasteiger partial charge on any atom is 0.339 e. The maximum absolute atomic E-state index is 11.6. The molecule has 0 bridgehead atoms. The number of nitrogens with zero attached hydrogens (tertiary/aromatic N) is 2. The number of carboxylic acid groups (broad SMARTS) is 1. The molecule has 4 heteroatoms. The third-order valence-corrected chi connectivity index (χ3v) is 4.22. The van der Waals surface area contributed by atoms with Crippen molar-refractivity contribution in [2.45, 2.75) is 12.8 Å². The summed E-state index contributed by atoms with van der Waals surface area (Å²) in [6.45, 7) is 7.47. The van der Waals surface area contributed by atoms with E-state index in [2.05, 4.69) is 23.1 Å². The van der Waals surface area contributed by atoms with Crippen LogP contribution in [0, 0.1) is 0 Å². The van der Waals surface area contributed by atoms with Gasteiger partial charge >= 0.3 is 5.97 Å². The van der Waals surface area contributed by atoms with E-state index in [9.17, 15) is 9.90 Å². The van der Waals surface area contributed by atoms with Gasteiger partial charge in [-0.05, 0) is 24.0 Å². The number of aromatic carboxylic acids is 1. The Bertz CT molecular complexity index is 974. The number of aromatic nitrogens is 2. The van der Waals surface area contributed by atoms with Gasteiger partial charge in [-0.25, -0.2) is 14.8 Å². The molecular formula is C23H20N2O2. The van der Waals surface area contributed by atoms with Crippen LogP contribution in [0.5, 0.6) is 0 Å². The molecule has 3 rings (SSSR count). The lowest BCUT2D eigenvalue weighted by atomic mass is 10.0. The van der Waals surface area contributed by atoms with Crippen LogP contribution in [-0.2, 0) is 12.8 Å². The van der Waals surface area contributed by atoms with Crippen LogP contribution in [0.25, 0.3) is 22.6 Å². The van der Waals surface area contributed by atoms with Crippen molar-refractivity contribution in [3.05, 3.63) is 96.7 Å². The smallest absolute Gasteiger partial charge is 0.339 e. The van der Waals surface area contributed by atoms with Crippen LogP contribution in [0.15, 0.2) is 80.0 Å². The van der Waals surface area contributed by atoms with Crippen molar-refractivity contribution in [1.29, 1.82) is 0 Å². The molecule has 1 N–H and O–H groups in total. The third kappa shape index (κ3) is 4.18. The Hall–Kier alpha value is -3.53. The monoisotopic (exact) mass is 356 g/mol. The molecule has 0 fully saturated rings. The van der Waals surface area contributed by atoms with Crippen LogP contribution in [0.3, 0.4) is 0 Å². The summed E-state index contributed by atoms with van der Waals surface area (Å²) in [4.78, 5) is 20.4. The average Bonchev–Trinajstić information content (AvgIpc) is 2.69. The number of benzene rings is 2. The van der Waals surface area contributed by atoms with E-state index in [1.54, 1.807) is 0 Å². The van der Waals surface area contributed by atoms with Gasteiger partial charge in [-0.1, -0.05) is 60.7 Å². The van der Waals surface area contributed by atoms with Crippen LogP contribution in [-0.4, -0.2) is 21.0 Å². The molecule has 134 valence electrons. The molecule has 0 saturated heterocycles.